The molecule has 3 aromatic heterocycles. The Bertz CT molecular complexity index is 997. The van der Waals surface area contributed by atoms with Gasteiger partial charge in [0.2, 0.25) is 11.7 Å². The van der Waals surface area contributed by atoms with Crippen molar-refractivity contribution in [3.8, 4) is 11.5 Å². The van der Waals surface area contributed by atoms with Gasteiger partial charge in [-0.3, -0.25) is 4.79 Å². The summed E-state index contributed by atoms with van der Waals surface area (Å²) in [5, 5.41) is 7.90. The number of amides is 1. The summed E-state index contributed by atoms with van der Waals surface area (Å²) in [6.07, 6.45) is 1.97. The van der Waals surface area contributed by atoms with Crippen LogP contribution >= 0.6 is 11.3 Å². The molecule has 0 unspecified atom stereocenters. The molecule has 7 heteroatoms. The molecule has 0 spiro atoms. The van der Waals surface area contributed by atoms with Crippen LogP contribution in [0.1, 0.15) is 22.5 Å². The number of benzene rings is 1. The van der Waals surface area contributed by atoms with Crippen molar-refractivity contribution in [1.29, 1.82) is 0 Å². The smallest absolute Gasteiger partial charge is 0.261 e. The van der Waals surface area contributed by atoms with Crippen molar-refractivity contribution < 1.29 is 9.32 Å². The Kier molecular flexibility index (Phi) is 4.07. The number of carbonyl (C=O) groups excluding carboxylic acids is 1. The highest BCUT2D eigenvalue weighted by Crippen LogP contribution is 2.25. The number of nitrogens with one attached hydrogen (secondary N) is 1. The van der Waals surface area contributed by atoms with Gasteiger partial charge in [0.15, 0.2) is 0 Å². The molecule has 1 aromatic carbocycles. The minimum absolute atomic E-state index is 0.141. The molecule has 0 saturated carbocycles. The fourth-order valence-electron chi connectivity index (χ4n) is 2.66. The first kappa shape index (κ1) is 15.6. The molecule has 1 N–H and O–H groups in total. The van der Waals surface area contributed by atoms with E-state index in [0.29, 0.717) is 16.6 Å². The largest absolute Gasteiger partial charge is 0.345 e. The van der Waals surface area contributed by atoms with Gasteiger partial charge in [-0.2, -0.15) is 4.98 Å². The van der Waals surface area contributed by atoms with Crippen LogP contribution in [0.3, 0.4) is 0 Å². The second kappa shape index (κ2) is 6.52. The number of hydrogen-bond acceptors (Lipinski definition) is 5. The number of rotatable bonds is 5. The zero-order chi connectivity index (χ0) is 17.2. The summed E-state index contributed by atoms with van der Waals surface area (Å²) in [5.41, 5.74) is 0.897. The molecule has 0 bridgehead atoms. The van der Waals surface area contributed by atoms with Gasteiger partial charge in [-0.1, -0.05) is 23.4 Å². The summed E-state index contributed by atoms with van der Waals surface area (Å²) < 4.78 is 8.37. The average Bonchev–Trinajstić information content (AvgIpc) is 3.37. The molecule has 0 atom stereocenters. The van der Waals surface area contributed by atoms with Crippen molar-refractivity contribution >= 4 is 27.3 Å². The molecule has 3 heterocycles. The Labute approximate surface area is 148 Å². The van der Waals surface area contributed by atoms with Gasteiger partial charge in [0.1, 0.15) is 0 Å². The first-order valence-corrected chi connectivity index (χ1v) is 8.81. The zero-order valence-electron chi connectivity index (χ0n) is 13.6. The summed E-state index contributed by atoms with van der Waals surface area (Å²) in [6, 6.07) is 13.7. The Hall–Kier alpha value is -2.93. The van der Waals surface area contributed by atoms with Crippen LogP contribution in [0.15, 0.2) is 53.2 Å². The molecular formula is C18H16N4O2S. The van der Waals surface area contributed by atoms with E-state index in [1.54, 1.807) is 0 Å². The van der Waals surface area contributed by atoms with Gasteiger partial charge in [-0.25, -0.2) is 0 Å². The van der Waals surface area contributed by atoms with Crippen LogP contribution in [0.5, 0.6) is 0 Å². The van der Waals surface area contributed by atoms with E-state index in [1.165, 1.54) is 11.3 Å². The van der Waals surface area contributed by atoms with E-state index in [4.69, 9.17) is 4.52 Å². The highest BCUT2D eigenvalue weighted by atomic mass is 32.1. The van der Waals surface area contributed by atoms with E-state index in [1.807, 2.05) is 53.2 Å². The lowest BCUT2D eigenvalue weighted by Crippen LogP contribution is -2.21. The monoisotopic (exact) mass is 352 g/mol. The Morgan fingerprint density at radius 3 is 3.00 bits per heavy atom. The fraction of sp³-hybridized carbons (Fsp3) is 0.167. The number of thiophene rings is 1. The van der Waals surface area contributed by atoms with Crippen LogP contribution in [0.4, 0.5) is 0 Å². The quantitative estimate of drug-likeness (QED) is 0.594. The lowest BCUT2D eigenvalue weighted by atomic mass is 10.2. The number of hydrogen-bond donors (Lipinski definition) is 1. The topological polar surface area (TPSA) is 73.0 Å². The average molecular weight is 352 g/mol. The normalized spacial score (nSPS) is 11.1. The van der Waals surface area contributed by atoms with E-state index in [2.05, 4.69) is 22.4 Å². The molecule has 0 fully saturated rings. The molecule has 6 nitrogen and oxygen atoms in total. The van der Waals surface area contributed by atoms with E-state index in [0.717, 1.165) is 22.3 Å². The van der Waals surface area contributed by atoms with Gasteiger partial charge in [-0.15, -0.1) is 11.3 Å². The zero-order valence-corrected chi connectivity index (χ0v) is 14.4. The third-order valence-corrected chi connectivity index (χ3v) is 5.03. The maximum atomic E-state index is 12.3. The van der Waals surface area contributed by atoms with Gasteiger partial charge < -0.3 is 14.4 Å². The van der Waals surface area contributed by atoms with Gasteiger partial charge >= 0.3 is 0 Å². The van der Waals surface area contributed by atoms with Crippen LogP contribution in [0, 0.1) is 0 Å². The van der Waals surface area contributed by atoms with Crippen LogP contribution in [0.2, 0.25) is 0 Å². The molecule has 126 valence electrons. The van der Waals surface area contributed by atoms with Crippen molar-refractivity contribution in [2.45, 2.75) is 20.0 Å². The number of aromatic nitrogens is 3. The SMILES string of the molecule is CCn1cccc1-c1noc(CNC(=O)c2cc3ccccc3s2)n1. The molecule has 4 rings (SSSR count). The molecule has 0 aliphatic carbocycles. The Morgan fingerprint density at radius 1 is 1.28 bits per heavy atom. The number of fused-ring (bicyclic) bond motifs is 1. The van der Waals surface area contributed by atoms with Gasteiger partial charge in [0.05, 0.1) is 17.1 Å². The fourth-order valence-corrected chi connectivity index (χ4v) is 3.64. The van der Waals surface area contributed by atoms with E-state index >= 15 is 0 Å². The maximum absolute atomic E-state index is 12.3. The molecule has 0 radical (unpaired) electrons. The maximum Gasteiger partial charge on any atom is 0.261 e. The van der Waals surface area contributed by atoms with Gasteiger partial charge in [0, 0.05) is 17.4 Å². The predicted molar refractivity (Wildman–Crippen MR) is 96.4 cm³/mol. The second-order valence-corrected chi connectivity index (χ2v) is 6.61. The standard InChI is InChI=1S/C18H16N4O2S/c1-2-22-9-5-7-13(22)17-20-16(24-21-17)11-19-18(23)15-10-12-6-3-4-8-14(12)25-15/h3-10H,2,11H2,1H3,(H,19,23). The van der Waals surface area contributed by atoms with Crippen LogP contribution in [0.25, 0.3) is 21.6 Å². The summed E-state index contributed by atoms with van der Waals surface area (Å²) >= 11 is 1.47. The predicted octanol–water partition coefficient (Wildman–Crippen LogP) is 3.70. The van der Waals surface area contributed by atoms with Crippen molar-refractivity contribution in [1.82, 2.24) is 20.0 Å². The third-order valence-electron chi connectivity index (χ3n) is 3.92. The number of aryl methyl sites for hydroxylation is 1. The molecule has 4 aromatic rings. The van der Waals surface area contributed by atoms with Crippen molar-refractivity contribution in [2.75, 3.05) is 0 Å². The first-order chi connectivity index (χ1) is 12.2. The van der Waals surface area contributed by atoms with Gasteiger partial charge in [-0.05, 0) is 36.6 Å². The van der Waals surface area contributed by atoms with E-state index in [9.17, 15) is 4.79 Å². The minimum Gasteiger partial charge on any atom is -0.345 e. The van der Waals surface area contributed by atoms with Crippen molar-refractivity contribution in [2.24, 2.45) is 0 Å². The summed E-state index contributed by atoms with van der Waals surface area (Å²) in [5.74, 6) is 0.768. The number of carbonyl (C=O) groups is 1. The lowest BCUT2D eigenvalue weighted by molar-refractivity contribution is 0.0950. The van der Waals surface area contributed by atoms with Crippen LogP contribution in [-0.4, -0.2) is 20.6 Å². The summed E-state index contributed by atoms with van der Waals surface area (Å²) in [4.78, 5) is 17.4. The number of nitrogens with zero attached hydrogens (tertiary/aromatic N) is 3. The highest BCUT2D eigenvalue weighted by Gasteiger charge is 2.14. The molecule has 25 heavy (non-hydrogen) atoms. The molecule has 1 amide bonds. The molecule has 0 aliphatic heterocycles. The summed E-state index contributed by atoms with van der Waals surface area (Å²) in [7, 11) is 0. The Balaban J connectivity index is 1.45. The van der Waals surface area contributed by atoms with Crippen molar-refractivity contribution in [3.63, 3.8) is 0 Å². The first-order valence-electron chi connectivity index (χ1n) is 7.99. The van der Waals surface area contributed by atoms with E-state index < -0.39 is 0 Å². The molecule has 0 aliphatic rings. The minimum atomic E-state index is -0.141. The summed E-state index contributed by atoms with van der Waals surface area (Å²) in [6.45, 7) is 3.08. The van der Waals surface area contributed by atoms with Crippen molar-refractivity contribution in [3.05, 3.63) is 59.4 Å². The highest BCUT2D eigenvalue weighted by molar-refractivity contribution is 7.20. The third kappa shape index (κ3) is 3.06. The lowest BCUT2D eigenvalue weighted by Gasteiger charge is -2.00. The molecule has 0 saturated heterocycles. The second-order valence-electron chi connectivity index (χ2n) is 5.52. The Morgan fingerprint density at radius 2 is 2.16 bits per heavy atom. The molecular weight excluding hydrogens is 336 g/mol. The van der Waals surface area contributed by atoms with E-state index in [-0.39, 0.29) is 12.5 Å². The van der Waals surface area contributed by atoms with Crippen LogP contribution in [-0.2, 0) is 13.1 Å². The van der Waals surface area contributed by atoms with Crippen LogP contribution < -0.4 is 5.32 Å². The van der Waals surface area contributed by atoms with Gasteiger partial charge in [0.25, 0.3) is 5.91 Å².